The van der Waals surface area contributed by atoms with Crippen molar-refractivity contribution in [3.63, 3.8) is 0 Å². The molecule has 1 fully saturated rings. The van der Waals surface area contributed by atoms with Gasteiger partial charge >= 0.3 is 0 Å². The molecule has 174 valence electrons. The number of piperidine rings is 1. The van der Waals surface area contributed by atoms with Crippen molar-refractivity contribution in [3.8, 4) is 0 Å². The monoisotopic (exact) mass is 491 g/mol. The Hall–Kier alpha value is -3.07. The standard InChI is InChI=1S/C26H25N3O3S2/c1-19-10-3-5-14-23(19)29(26-27-22-13-4-6-15-24(22)33-26)25(30)20-11-9-12-21(18-20)34(31,32)28-16-7-2-8-17-28/h3-6,9-15,18H,2,7-8,16-17H2,1H3. The Kier molecular flexibility index (Phi) is 6.20. The molecule has 1 aliphatic heterocycles. The number of carbonyl (C=O) groups excluding carboxylic acids is 1. The van der Waals surface area contributed by atoms with Gasteiger partial charge in [-0.1, -0.05) is 54.2 Å². The van der Waals surface area contributed by atoms with E-state index in [0.29, 0.717) is 23.8 Å². The fourth-order valence-electron chi connectivity index (χ4n) is 4.24. The predicted octanol–water partition coefficient (Wildman–Crippen LogP) is 5.76. The number of sulfonamides is 1. The lowest BCUT2D eigenvalue weighted by Crippen LogP contribution is -2.35. The Morgan fingerprint density at radius 2 is 1.68 bits per heavy atom. The van der Waals surface area contributed by atoms with E-state index in [2.05, 4.69) is 0 Å². The molecule has 5 rings (SSSR count). The summed E-state index contributed by atoms with van der Waals surface area (Å²) < 4.78 is 29.0. The van der Waals surface area contributed by atoms with Gasteiger partial charge in [-0.2, -0.15) is 4.31 Å². The fourth-order valence-corrected chi connectivity index (χ4v) is 6.78. The van der Waals surface area contributed by atoms with Crippen LogP contribution in [0.1, 0.15) is 35.2 Å². The first-order valence-electron chi connectivity index (χ1n) is 11.3. The second-order valence-corrected chi connectivity index (χ2v) is 11.3. The summed E-state index contributed by atoms with van der Waals surface area (Å²) in [5.74, 6) is -0.316. The molecule has 0 aliphatic carbocycles. The Labute approximate surface area is 203 Å². The first kappa shape index (κ1) is 22.7. The smallest absolute Gasteiger partial charge is 0.264 e. The highest BCUT2D eigenvalue weighted by molar-refractivity contribution is 7.89. The highest BCUT2D eigenvalue weighted by Gasteiger charge is 2.29. The van der Waals surface area contributed by atoms with Crippen molar-refractivity contribution in [1.82, 2.24) is 9.29 Å². The predicted molar refractivity (Wildman–Crippen MR) is 136 cm³/mol. The van der Waals surface area contributed by atoms with E-state index < -0.39 is 10.0 Å². The molecular weight excluding hydrogens is 466 g/mol. The summed E-state index contributed by atoms with van der Waals surface area (Å²) >= 11 is 1.43. The van der Waals surface area contributed by atoms with E-state index in [1.54, 1.807) is 23.1 Å². The van der Waals surface area contributed by atoms with Crippen LogP contribution in [-0.2, 0) is 10.0 Å². The Balaban J connectivity index is 1.58. The van der Waals surface area contributed by atoms with Crippen molar-refractivity contribution < 1.29 is 13.2 Å². The molecule has 1 aromatic heterocycles. The zero-order valence-electron chi connectivity index (χ0n) is 18.8. The molecule has 1 aliphatic rings. The minimum absolute atomic E-state index is 0.147. The Morgan fingerprint density at radius 1 is 0.941 bits per heavy atom. The zero-order valence-corrected chi connectivity index (χ0v) is 20.5. The number of anilines is 2. The van der Waals surface area contributed by atoms with Gasteiger partial charge in [0, 0.05) is 18.7 Å². The number of carbonyl (C=O) groups is 1. The second-order valence-electron chi connectivity index (χ2n) is 8.38. The average Bonchev–Trinajstić information content (AvgIpc) is 3.29. The summed E-state index contributed by atoms with van der Waals surface area (Å²) in [4.78, 5) is 20.4. The van der Waals surface area contributed by atoms with Gasteiger partial charge in [0.1, 0.15) is 0 Å². The number of para-hydroxylation sites is 2. The molecule has 3 aromatic carbocycles. The van der Waals surface area contributed by atoms with Gasteiger partial charge < -0.3 is 0 Å². The molecule has 0 saturated carbocycles. The maximum Gasteiger partial charge on any atom is 0.264 e. The normalized spacial score (nSPS) is 14.9. The van der Waals surface area contributed by atoms with Crippen molar-refractivity contribution in [2.45, 2.75) is 31.1 Å². The van der Waals surface area contributed by atoms with Crippen LogP contribution in [0.3, 0.4) is 0 Å². The minimum Gasteiger partial charge on any atom is -0.268 e. The molecule has 0 N–H and O–H groups in total. The van der Waals surface area contributed by atoms with Crippen LogP contribution in [0.4, 0.5) is 10.8 Å². The van der Waals surface area contributed by atoms with Crippen molar-refractivity contribution in [1.29, 1.82) is 0 Å². The summed E-state index contributed by atoms with van der Waals surface area (Å²) in [6.07, 6.45) is 2.76. The Morgan fingerprint density at radius 3 is 2.44 bits per heavy atom. The van der Waals surface area contributed by atoms with E-state index in [4.69, 9.17) is 4.98 Å². The van der Waals surface area contributed by atoms with E-state index in [1.165, 1.54) is 21.7 Å². The molecule has 0 spiro atoms. The van der Waals surface area contributed by atoms with E-state index in [-0.39, 0.29) is 10.8 Å². The number of aromatic nitrogens is 1. The maximum absolute atomic E-state index is 13.9. The molecule has 0 unspecified atom stereocenters. The number of hydrogen-bond acceptors (Lipinski definition) is 5. The lowest BCUT2D eigenvalue weighted by atomic mass is 10.1. The number of benzene rings is 3. The molecule has 8 heteroatoms. The van der Waals surface area contributed by atoms with Crippen LogP contribution >= 0.6 is 11.3 Å². The maximum atomic E-state index is 13.9. The molecule has 0 atom stereocenters. The molecule has 0 bridgehead atoms. The highest BCUT2D eigenvalue weighted by atomic mass is 32.2. The van der Waals surface area contributed by atoms with Crippen molar-refractivity contribution >= 4 is 48.3 Å². The third kappa shape index (κ3) is 4.24. The number of nitrogens with zero attached hydrogens (tertiary/aromatic N) is 3. The molecule has 1 amide bonds. The van der Waals surface area contributed by atoms with Gasteiger partial charge in [0.2, 0.25) is 10.0 Å². The fraction of sp³-hybridized carbons (Fsp3) is 0.231. The van der Waals surface area contributed by atoms with Crippen LogP contribution in [0.2, 0.25) is 0 Å². The van der Waals surface area contributed by atoms with Gasteiger partial charge in [-0.25, -0.2) is 13.4 Å². The number of hydrogen-bond donors (Lipinski definition) is 0. The molecule has 6 nitrogen and oxygen atoms in total. The van der Waals surface area contributed by atoms with Crippen molar-refractivity contribution in [3.05, 3.63) is 83.9 Å². The first-order chi connectivity index (χ1) is 16.4. The van der Waals surface area contributed by atoms with Crippen molar-refractivity contribution in [2.75, 3.05) is 18.0 Å². The third-order valence-electron chi connectivity index (χ3n) is 6.07. The third-order valence-corrected chi connectivity index (χ3v) is 8.98. The number of fused-ring (bicyclic) bond motifs is 1. The number of aryl methyl sites for hydroxylation is 1. The van der Waals surface area contributed by atoms with E-state index in [9.17, 15) is 13.2 Å². The zero-order chi connectivity index (χ0) is 23.7. The van der Waals surface area contributed by atoms with Crippen LogP contribution in [0.5, 0.6) is 0 Å². The number of thiazole rings is 1. The number of rotatable bonds is 5. The lowest BCUT2D eigenvalue weighted by Gasteiger charge is -2.26. The second kappa shape index (κ2) is 9.29. The molecule has 2 heterocycles. The van der Waals surface area contributed by atoms with Crippen LogP contribution in [0, 0.1) is 6.92 Å². The topological polar surface area (TPSA) is 70.6 Å². The molecule has 1 saturated heterocycles. The van der Waals surface area contributed by atoms with Crippen LogP contribution in [0.25, 0.3) is 10.2 Å². The summed E-state index contributed by atoms with van der Waals surface area (Å²) in [5, 5.41) is 0.546. The van der Waals surface area contributed by atoms with Gasteiger partial charge in [-0.15, -0.1) is 0 Å². The van der Waals surface area contributed by atoms with Crippen LogP contribution in [0.15, 0.2) is 77.7 Å². The molecule has 0 radical (unpaired) electrons. The lowest BCUT2D eigenvalue weighted by molar-refractivity contribution is 0.0999. The molecular formula is C26H25N3O3S2. The number of amides is 1. The van der Waals surface area contributed by atoms with Crippen LogP contribution < -0.4 is 4.90 Å². The summed E-state index contributed by atoms with van der Waals surface area (Å²) in [6.45, 7) is 2.98. The quantitative estimate of drug-likeness (QED) is 0.356. The minimum atomic E-state index is -3.65. The van der Waals surface area contributed by atoms with Gasteiger partial charge in [0.25, 0.3) is 5.91 Å². The highest BCUT2D eigenvalue weighted by Crippen LogP contribution is 2.36. The van der Waals surface area contributed by atoms with E-state index >= 15 is 0 Å². The van der Waals surface area contributed by atoms with Gasteiger partial charge in [-0.3, -0.25) is 9.69 Å². The SMILES string of the molecule is Cc1ccccc1N(C(=O)c1cccc(S(=O)(=O)N2CCCCC2)c1)c1nc2ccccc2s1. The Bertz CT molecular complexity index is 1420. The van der Waals surface area contributed by atoms with Gasteiger partial charge in [0.05, 0.1) is 20.8 Å². The van der Waals surface area contributed by atoms with Gasteiger partial charge in [0.15, 0.2) is 5.13 Å². The molecule has 4 aromatic rings. The average molecular weight is 492 g/mol. The largest absolute Gasteiger partial charge is 0.268 e. The molecule has 34 heavy (non-hydrogen) atoms. The summed E-state index contributed by atoms with van der Waals surface area (Å²) in [7, 11) is -3.65. The van der Waals surface area contributed by atoms with Crippen LogP contribution in [-0.4, -0.2) is 36.7 Å². The van der Waals surface area contributed by atoms with Gasteiger partial charge in [-0.05, 0) is 61.7 Å². The van der Waals surface area contributed by atoms with Crippen molar-refractivity contribution in [2.24, 2.45) is 0 Å². The van der Waals surface area contributed by atoms with E-state index in [1.807, 2.05) is 55.5 Å². The van der Waals surface area contributed by atoms with E-state index in [0.717, 1.165) is 40.7 Å². The summed E-state index contributed by atoms with van der Waals surface area (Å²) in [5.41, 5.74) is 2.76. The first-order valence-corrected chi connectivity index (χ1v) is 13.6. The summed E-state index contributed by atoms with van der Waals surface area (Å²) in [6, 6.07) is 21.7.